The Bertz CT molecular complexity index is 1080. The van der Waals surface area contributed by atoms with E-state index in [1.165, 1.54) is 29.3 Å². The van der Waals surface area contributed by atoms with Crippen molar-refractivity contribution in [3.05, 3.63) is 59.2 Å². The van der Waals surface area contributed by atoms with Gasteiger partial charge in [-0.25, -0.2) is 0 Å². The molecule has 0 atom stereocenters. The van der Waals surface area contributed by atoms with E-state index in [0.717, 1.165) is 5.56 Å². The fourth-order valence-electron chi connectivity index (χ4n) is 2.89. The zero-order valence-corrected chi connectivity index (χ0v) is 16.5. The lowest BCUT2D eigenvalue weighted by Gasteiger charge is -2.13. The average Bonchev–Trinajstić information content (AvgIpc) is 3.02. The number of nitrogens with zero attached hydrogens (tertiary/aromatic N) is 2. The highest BCUT2D eigenvalue weighted by Crippen LogP contribution is 2.31. The van der Waals surface area contributed by atoms with Crippen LogP contribution in [-0.2, 0) is 4.79 Å². The Hall–Kier alpha value is -4.05. The lowest BCUT2D eigenvalue weighted by atomic mass is 10.1. The summed E-state index contributed by atoms with van der Waals surface area (Å²) in [5, 5.41) is 16.4. The van der Waals surface area contributed by atoms with E-state index in [1.807, 2.05) is 6.92 Å². The minimum Gasteiger partial charge on any atom is -0.545 e. The summed E-state index contributed by atoms with van der Waals surface area (Å²) in [6.45, 7) is 4.15. The van der Waals surface area contributed by atoms with Crippen molar-refractivity contribution >= 4 is 29.4 Å². The molecule has 0 saturated carbocycles. The van der Waals surface area contributed by atoms with E-state index >= 15 is 0 Å². The second-order valence-corrected chi connectivity index (χ2v) is 6.33. The van der Waals surface area contributed by atoms with Gasteiger partial charge in [0.05, 0.1) is 29.5 Å². The maximum Gasteiger partial charge on any atom is 0.280 e. The number of ether oxygens (including phenoxy) is 2. The zero-order valence-electron chi connectivity index (χ0n) is 16.5. The van der Waals surface area contributed by atoms with Crippen LogP contribution in [0.3, 0.4) is 0 Å². The van der Waals surface area contributed by atoms with Crippen LogP contribution in [0.2, 0.25) is 0 Å². The first-order valence-electron chi connectivity index (χ1n) is 9.20. The van der Waals surface area contributed by atoms with Gasteiger partial charge in [0.15, 0.2) is 11.5 Å². The number of terminal acetylenes is 1. The van der Waals surface area contributed by atoms with E-state index in [1.54, 1.807) is 31.2 Å². The molecule has 152 valence electrons. The maximum absolute atomic E-state index is 12.9. The molecule has 3 rings (SSSR count). The standard InChI is InChI=1S/C23H20N2O5/c1-4-12-30-20-11-6-16(14-21(20)29-5-2)13-19-15(3)24-25(22(19)26)18-9-7-17(8-10-18)23(27)28/h1,6-11,13-14H,5,12H2,2-3H3,(H,27,28)/p-1/b19-13+. The van der Waals surface area contributed by atoms with Gasteiger partial charge in [-0.2, -0.15) is 10.1 Å². The summed E-state index contributed by atoms with van der Waals surface area (Å²) in [4.78, 5) is 23.8. The Morgan fingerprint density at radius 1 is 1.20 bits per heavy atom. The van der Waals surface area contributed by atoms with E-state index in [9.17, 15) is 14.7 Å². The third kappa shape index (κ3) is 4.33. The molecule has 2 aromatic rings. The van der Waals surface area contributed by atoms with E-state index in [2.05, 4.69) is 11.0 Å². The predicted molar refractivity (Wildman–Crippen MR) is 111 cm³/mol. The monoisotopic (exact) mass is 403 g/mol. The van der Waals surface area contributed by atoms with Gasteiger partial charge in [0.25, 0.3) is 5.91 Å². The first-order chi connectivity index (χ1) is 14.4. The van der Waals surface area contributed by atoms with Crippen molar-refractivity contribution in [2.24, 2.45) is 5.10 Å². The molecule has 0 saturated heterocycles. The van der Waals surface area contributed by atoms with Crippen molar-refractivity contribution in [1.29, 1.82) is 0 Å². The molecule has 1 heterocycles. The predicted octanol–water partition coefficient (Wildman–Crippen LogP) is 2.27. The van der Waals surface area contributed by atoms with Gasteiger partial charge in [0, 0.05) is 0 Å². The molecule has 0 radical (unpaired) electrons. The largest absolute Gasteiger partial charge is 0.545 e. The minimum atomic E-state index is -1.28. The lowest BCUT2D eigenvalue weighted by molar-refractivity contribution is -0.255. The molecule has 2 aromatic carbocycles. The fraction of sp³-hybridized carbons (Fsp3) is 0.174. The number of aromatic carboxylic acids is 1. The summed E-state index contributed by atoms with van der Waals surface area (Å²) in [7, 11) is 0. The van der Waals surface area contributed by atoms with E-state index in [-0.39, 0.29) is 18.1 Å². The van der Waals surface area contributed by atoms with Crippen molar-refractivity contribution in [3.8, 4) is 23.8 Å². The highest BCUT2D eigenvalue weighted by atomic mass is 16.5. The summed E-state index contributed by atoms with van der Waals surface area (Å²) < 4.78 is 11.1. The first kappa shape index (κ1) is 20.7. The molecule has 0 bridgehead atoms. The van der Waals surface area contributed by atoms with Crippen molar-refractivity contribution in [2.45, 2.75) is 13.8 Å². The molecule has 0 aliphatic carbocycles. The lowest BCUT2D eigenvalue weighted by Crippen LogP contribution is -2.23. The van der Waals surface area contributed by atoms with Crippen molar-refractivity contribution in [1.82, 2.24) is 0 Å². The van der Waals surface area contributed by atoms with Crippen molar-refractivity contribution in [2.75, 3.05) is 18.2 Å². The van der Waals surface area contributed by atoms with Crippen LogP contribution in [0.15, 0.2) is 53.1 Å². The Balaban J connectivity index is 1.88. The van der Waals surface area contributed by atoms with Gasteiger partial charge in [-0.05, 0) is 55.3 Å². The van der Waals surface area contributed by atoms with Crippen LogP contribution in [0.5, 0.6) is 11.5 Å². The normalized spacial score (nSPS) is 14.4. The highest BCUT2D eigenvalue weighted by Gasteiger charge is 2.28. The number of amides is 1. The number of carboxylic acid groups (broad SMARTS) is 1. The van der Waals surface area contributed by atoms with Crippen molar-refractivity contribution in [3.63, 3.8) is 0 Å². The molecular weight excluding hydrogens is 384 g/mol. The van der Waals surface area contributed by atoms with Crippen LogP contribution >= 0.6 is 0 Å². The molecule has 0 aromatic heterocycles. The van der Waals surface area contributed by atoms with Crippen LogP contribution in [0.25, 0.3) is 6.08 Å². The summed E-state index contributed by atoms with van der Waals surface area (Å²) in [5.41, 5.74) is 2.17. The van der Waals surface area contributed by atoms with Crippen LogP contribution in [0.4, 0.5) is 5.69 Å². The molecule has 0 N–H and O–H groups in total. The molecule has 0 spiro atoms. The topological polar surface area (TPSA) is 91.3 Å². The quantitative estimate of drug-likeness (QED) is 0.522. The van der Waals surface area contributed by atoms with Gasteiger partial charge < -0.3 is 19.4 Å². The smallest absolute Gasteiger partial charge is 0.280 e. The summed E-state index contributed by atoms with van der Waals surface area (Å²) in [6.07, 6.45) is 6.95. The first-order valence-corrected chi connectivity index (χ1v) is 9.20. The van der Waals surface area contributed by atoms with Gasteiger partial charge in [0.2, 0.25) is 0 Å². The number of carboxylic acids is 1. The second kappa shape index (κ2) is 8.97. The Morgan fingerprint density at radius 3 is 2.57 bits per heavy atom. The van der Waals surface area contributed by atoms with Crippen LogP contribution in [0.1, 0.15) is 29.8 Å². The molecule has 30 heavy (non-hydrogen) atoms. The van der Waals surface area contributed by atoms with Crippen molar-refractivity contribution < 1.29 is 24.2 Å². The number of anilines is 1. The summed E-state index contributed by atoms with van der Waals surface area (Å²) >= 11 is 0. The fourth-order valence-corrected chi connectivity index (χ4v) is 2.89. The number of carbonyl (C=O) groups is 2. The molecule has 0 fully saturated rings. The Morgan fingerprint density at radius 2 is 1.93 bits per heavy atom. The Kier molecular flexibility index (Phi) is 6.18. The summed E-state index contributed by atoms with van der Waals surface area (Å²) in [5.74, 6) is 1.85. The van der Waals surface area contributed by atoms with E-state index < -0.39 is 5.97 Å². The SMILES string of the molecule is C#CCOc1ccc(/C=C2/C(=O)N(c3ccc(C(=O)[O-])cc3)N=C2C)cc1OCC. The molecule has 1 aliphatic rings. The summed E-state index contributed by atoms with van der Waals surface area (Å²) in [6, 6.07) is 11.0. The number of rotatable bonds is 7. The molecule has 7 heteroatoms. The third-order valence-electron chi connectivity index (χ3n) is 4.30. The average molecular weight is 403 g/mol. The van der Waals surface area contributed by atoms with Crippen LogP contribution < -0.4 is 19.6 Å². The number of carbonyl (C=O) groups excluding carboxylic acids is 2. The van der Waals surface area contributed by atoms with Gasteiger partial charge in [-0.1, -0.05) is 24.1 Å². The maximum atomic E-state index is 12.9. The number of benzene rings is 2. The van der Waals surface area contributed by atoms with Gasteiger partial charge in [-0.15, -0.1) is 6.42 Å². The molecule has 1 aliphatic heterocycles. The number of hydrogen-bond acceptors (Lipinski definition) is 6. The van der Waals surface area contributed by atoms with Gasteiger partial charge in [0.1, 0.15) is 6.61 Å². The van der Waals surface area contributed by atoms with Gasteiger partial charge in [-0.3, -0.25) is 4.79 Å². The second-order valence-electron chi connectivity index (χ2n) is 6.33. The third-order valence-corrected chi connectivity index (χ3v) is 4.30. The van der Waals surface area contributed by atoms with Crippen LogP contribution in [0, 0.1) is 12.3 Å². The van der Waals surface area contributed by atoms with Gasteiger partial charge >= 0.3 is 0 Å². The minimum absolute atomic E-state index is 0.0254. The van der Waals surface area contributed by atoms with Crippen LogP contribution in [-0.4, -0.2) is 30.8 Å². The molecule has 0 unspecified atom stereocenters. The highest BCUT2D eigenvalue weighted by molar-refractivity contribution is 6.32. The zero-order chi connectivity index (χ0) is 21.7. The van der Waals surface area contributed by atoms with E-state index in [0.29, 0.717) is 35.1 Å². The molecule has 1 amide bonds. The molecular formula is C23H19N2O5-. The molecule has 7 nitrogen and oxygen atoms in total. The Labute approximate surface area is 174 Å². The van der Waals surface area contributed by atoms with E-state index in [4.69, 9.17) is 15.9 Å². The number of hydrogen-bond donors (Lipinski definition) is 0. The number of hydrazone groups is 1.